The molecule has 0 aromatic heterocycles. The van der Waals surface area contributed by atoms with Crippen molar-refractivity contribution in [3.63, 3.8) is 0 Å². The average molecular weight is 540 g/mol. The number of halogens is 1. The summed E-state index contributed by atoms with van der Waals surface area (Å²) in [5, 5.41) is 5.80. The molecule has 0 radical (unpaired) electrons. The number of nitrogens with one attached hydrogen (secondary N) is 2. The van der Waals surface area contributed by atoms with E-state index < -0.39 is 0 Å². The zero-order chi connectivity index (χ0) is 24.5. The third kappa shape index (κ3) is 6.65. The normalized spacial score (nSPS) is 10.3. The van der Waals surface area contributed by atoms with Gasteiger partial charge in [0.15, 0.2) is 5.11 Å². The van der Waals surface area contributed by atoms with Gasteiger partial charge in [-0.2, -0.15) is 0 Å². The lowest BCUT2D eigenvalue weighted by Crippen LogP contribution is -2.34. The summed E-state index contributed by atoms with van der Waals surface area (Å²) in [5.74, 6) is 0.254. The number of ether oxygens (including phenoxy) is 1. The molecule has 0 aliphatic rings. The molecule has 2 amide bonds. The van der Waals surface area contributed by atoms with Gasteiger partial charge in [-0.05, 0) is 96.1 Å². The standard InChI is InChI=1S/C26H26BrN3O3S/c1-3-16-33-23-15-12-19(17-22(23)27)24(31)29-26(34)28-20-13-10-18(11-14-20)25(32)30(4-2)21-8-6-5-7-9-21/h5-15,17H,3-4,16H2,1-2H3,(H2,28,29,31,34). The van der Waals surface area contributed by atoms with E-state index in [2.05, 4.69) is 26.6 Å². The Balaban J connectivity index is 1.60. The topological polar surface area (TPSA) is 70.7 Å². The summed E-state index contributed by atoms with van der Waals surface area (Å²) in [5.41, 5.74) is 2.51. The number of para-hydroxylation sites is 1. The van der Waals surface area contributed by atoms with Crippen LogP contribution in [0.5, 0.6) is 5.75 Å². The first-order valence-electron chi connectivity index (χ1n) is 10.9. The maximum absolute atomic E-state index is 12.9. The minimum atomic E-state index is -0.339. The van der Waals surface area contributed by atoms with Gasteiger partial charge in [-0.1, -0.05) is 25.1 Å². The van der Waals surface area contributed by atoms with E-state index in [0.717, 1.165) is 12.1 Å². The van der Waals surface area contributed by atoms with Gasteiger partial charge in [0, 0.05) is 29.0 Å². The molecule has 3 rings (SSSR count). The first-order chi connectivity index (χ1) is 16.4. The van der Waals surface area contributed by atoms with Crippen LogP contribution in [0, 0.1) is 0 Å². The fourth-order valence-electron chi connectivity index (χ4n) is 3.21. The molecule has 0 bridgehead atoms. The molecule has 0 unspecified atom stereocenters. The Morgan fingerprint density at radius 3 is 2.26 bits per heavy atom. The molecule has 2 N–H and O–H groups in total. The summed E-state index contributed by atoms with van der Waals surface area (Å²) in [7, 11) is 0. The van der Waals surface area contributed by atoms with Crippen LogP contribution in [0.3, 0.4) is 0 Å². The predicted molar refractivity (Wildman–Crippen MR) is 144 cm³/mol. The van der Waals surface area contributed by atoms with Crippen molar-refractivity contribution >= 4 is 56.4 Å². The highest BCUT2D eigenvalue weighted by Gasteiger charge is 2.16. The summed E-state index contributed by atoms with van der Waals surface area (Å²) in [6.45, 7) is 5.12. The van der Waals surface area contributed by atoms with Crippen LogP contribution in [0.2, 0.25) is 0 Å². The summed E-state index contributed by atoms with van der Waals surface area (Å²) in [6.07, 6.45) is 0.896. The minimum absolute atomic E-state index is 0.0898. The number of rotatable bonds is 8. The van der Waals surface area contributed by atoms with Gasteiger partial charge in [-0.25, -0.2) is 0 Å². The summed E-state index contributed by atoms with van der Waals surface area (Å²) in [4.78, 5) is 27.2. The first kappa shape index (κ1) is 25.4. The van der Waals surface area contributed by atoms with Crippen molar-refractivity contribution in [2.75, 3.05) is 23.4 Å². The van der Waals surface area contributed by atoms with Crippen molar-refractivity contribution in [3.05, 3.63) is 88.4 Å². The zero-order valence-electron chi connectivity index (χ0n) is 19.0. The Kier molecular flexibility index (Phi) is 9.18. The van der Waals surface area contributed by atoms with Gasteiger partial charge >= 0.3 is 0 Å². The molecule has 0 heterocycles. The molecule has 0 atom stereocenters. The van der Waals surface area contributed by atoms with Gasteiger partial charge in [0.25, 0.3) is 11.8 Å². The van der Waals surface area contributed by atoms with E-state index in [1.165, 1.54) is 0 Å². The van der Waals surface area contributed by atoms with Gasteiger partial charge in [0.2, 0.25) is 0 Å². The minimum Gasteiger partial charge on any atom is -0.492 e. The smallest absolute Gasteiger partial charge is 0.258 e. The van der Waals surface area contributed by atoms with Gasteiger partial charge in [0.1, 0.15) is 5.75 Å². The van der Waals surface area contributed by atoms with Crippen molar-refractivity contribution in [1.82, 2.24) is 5.32 Å². The lowest BCUT2D eigenvalue weighted by Gasteiger charge is -2.21. The van der Waals surface area contributed by atoms with Gasteiger partial charge < -0.3 is 15.0 Å². The highest BCUT2D eigenvalue weighted by molar-refractivity contribution is 9.10. The number of carbonyl (C=O) groups excluding carboxylic acids is 2. The largest absolute Gasteiger partial charge is 0.492 e. The molecule has 8 heteroatoms. The summed E-state index contributed by atoms with van der Waals surface area (Å²) >= 11 is 8.71. The van der Waals surface area contributed by atoms with Crippen LogP contribution in [0.15, 0.2) is 77.3 Å². The molecular formula is C26H26BrN3O3S. The molecule has 0 saturated carbocycles. The van der Waals surface area contributed by atoms with E-state index in [1.807, 2.05) is 44.2 Å². The quantitative estimate of drug-likeness (QED) is 0.342. The van der Waals surface area contributed by atoms with Crippen molar-refractivity contribution in [2.45, 2.75) is 20.3 Å². The molecule has 0 fully saturated rings. The lowest BCUT2D eigenvalue weighted by molar-refractivity contribution is 0.0973. The van der Waals surface area contributed by atoms with Gasteiger partial charge in [-0.3, -0.25) is 14.9 Å². The molecule has 0 saturated heterocycles. The number of nitrogens with zero attached hydrogens (tertiary/aromatic N) is 1. The second-order valence-corrected chi connectivity index (χ2v) is 8.63. The molecule has 0 spiro atoms. The van der Waals surface area contributed by atoms with Crippen LogP contribution in [-0.2, 0) is 0 Å². The van der Waals surface area contributed by atoms with E-state index in [-0.39, 0.29) is 16.9 Å². The van der Waals surface area contributed by atoms with E-state index >= 15 is 0 Å². The Labute approximate surface area is 213 Å². The maximum atomic E-state index is 12.9. The van der Waals surface area contributed by atoms with Crippen LogP contribution >= 0.6 is 28.1 Å². The van der Waals surface area contributed by atoms with Crippen molar-refractivity contribution in [2.24, 2.45) is 0 Å². The monoisotopic (exact) mass is 539 g/mol. The van der Waals surface area contributed by atoms with E-state index in [1.54, 1.807) is 47.4 Å². The molecule has 34 heavy (non-hydrogen) atoms. The molecule has 3 aromatic carbocycles. The fraction of sp³-hybridized carbons (Fsp3) is 0.192. The Hall–Kier alpha value is -3.23. The van der Waals surface area contributed by atoms with E-state index in [9.17, 15) is 9.59 Å². The summed E-state index contributed by atoms with van der Waals surface area (Å²) in [6, 6.07) is 21.6. The van der Waals surface area contributed by atoms with Gasteiger partial charge in [0.05, 0.1) is 11.1 Å². The number of hydrogen-bond acceptors (Lipinski definition) is 4. The van der Waals surface area contributed by atoms with Crippen molar-refractivity contribution in [1.29, 1.82) is 0 Å². The van der Waals surface area contributed by atoms with Crippen molar-refractivity contribution in [3.8, 4) is 5.75 Å². The molecular weight excluding hydrogens is 514 g/mol. The summed E-state index contributed by atoms with van der Waals surface area (Å²) < 4.78 is 6.31. The second kappa shape index (κ2) is 12.3. The van der Waals surface area contributed by atoms with Crippen LogP contribution in [0.1, 0.15) is 41.0 Å². The van der Waals surface area contributed by atoms with Crippen LogP contribution < -0.4 is 20.3 Å². The highest BCUT2D eigenvalue weighted by atomic mass is 79.9. The Morgan fingerprint density at radius 2 is 1.65 bits per heavy atom. The number of carbonyl (C=O) groups is 2. The maximum Gasteiger partial charge on any atom is 0.258 e. The van der Waals surface area contributed by atoms with E-state index in [0.29, 0.717) is 40.2 Å². The molecule has 6 nitrogen and oxygen atoms in total. The van der Waals surface area contributed by atoms with Crippen LogP contribution in [0.25, 0.3) is 0 Å². The number of thiocarbonyl (C=S) groups is 1. The Bertz CT molecular complexity index is 1150. The number of benzene rings is 3. The Morgan fingerprint density at radius 1 is 0.971 bits per heavy atom. The highest BCUT2D eigenvalue weighted by Crippen LogP contribution is 2.26. The number of hydrogen-bond donors (Lipinski definition) is 2. The average Bonchev–Trinajstić information content (AvgIpc) is 2.84. The SMILES string of the molecule is CCCOc1ccc(C(=O)NC(=S)Nc2ccc(C(=O)N(CC)c3ccccc3)cc2)cc1Br. The molecule has 3 aromatic rings. The number of anilines is 2. The second-order valence-electron chi connectivity index (χ2n) is 7.36. The van der Waals surface area contributed by atoms with E-state index in [4.69, 9.17) is 17.0 Å². The van der Waals surface area contributed by atoms with Crippen LogP contribution in [0.4, 0.5) is 11.4 Å². The fourth-order valence-corrected chi connectivity index (χ4v) is 3.92. The van der Waals surface area contributed by atoms with Crippen molar-refractivity contribution < 1.29 is 14.3 Å². The molecule has 0 aliphatic carbocycles. The lowest BCUT2D eigenvalue weighted by atomic mass is 10.1. The number of amides is 2. The molecule has 0 aliphatic heterocycles. The third-order valence-corrected chi connectivity index (χ3v) is 5.73. The zero-order valence-corrected chi connectivity index (χ0v) is 21.4. The third-order valence-electron chi connectivity index (χ3n) is 4.90. The van der Waals surface area contributed by atoms with Crippen LogP contribution in [-0.4, -0.2) is 30.1 Å². The predicted octanol–water partition coefficient (Wildman–Crippen LogP) is 6.03. The first-order valence-corrected chi connectivity index (χ1v) is 12.1. The van der Waals surface area contributed by atoms with Gasteiger partial charge in [-0.15, -0.1) is 0 Å². The molecule has 176 valence electrons.